The van der Waals surface area contributed by atoms with Crippen molar-refractivity contribution < 1.29 is 9.60 Å². The van der Waals surface area contributed by atoms with E-state index in [9.17, 15) is 0 Å². The summed E-state index contributed by atoms with van der Waals surface area (Å²) in [5, 5.41) is 0. The molecule has 1 atom stereocenters. The smallest absolute Gasteiger partial charge is 0.0673 e. The Balaban J connectivity index is -0.00000000597. The molecule has 0 aliphatic carbocycles. The molecule has 0 aliphatic heterocycles. The van der Waals surface area contributed by atoms with Crippen LogP contribution in [0.25, 0.3) is 0 Å². The molecule has 0 aromatic rings. The summed E-state index contributed by atoms with van der Waals surface area (Å²) in [5.74, 6) is 0. The van der Waals surface area contributed by atoms with E-state index in [2.05, 4.69) is 35.9 Å². The molecule has 0 saturated heterocycles. The molecule has 0 aromatic heterocycles. The number of thiol groups is 1. The molecule has 0 saturated carbocycles. The van der Waals surface area contributed by atoms with Crippen molar-refractivity contribution in [3.63, 3.8) is 0 Å². The zero-order chi connectivity index (χ0) is 6.12. The summed E-state index contributed by atoms with van der Waals surface area (Å²) < 4.78 is 0. The van der Waals surface area contributed by atoms with E-state index in [1.54, 1.807) is 0 Å². The molecule has 12 heavy (non-hydrogen) atoms. The Hall–Kier alpha value is 1.71. The van der Waals surface area contributed by atoms with E-state index >= 15 is 0 Å². The third kappa shape index (κ3) is 183. The van der Waals surface area contributed by atoms with E-state index in [-0.39, 0.29) is 42.4 Å². The fourth-order valence-corrected chi connectivity index (χ4v) is 0. The van der Waals surface area contributed by atoms with Crippen LogP contribution in [0.3, 0.4) is 0 Å². The summed E-state index contributed by atoms with van der Waals surface area (Å²) in [6.07, 6.45) is 0. The molecule has 1 unspecified atom stereocenters. The second-order valence-electron chi connectivity index (χ2n) is 0.263. The molecule has 8 heteroatoms. The number of hydrogen-bond donors (Lipinski definition) is 2. The van der Waals surface area contributed by atoms with Gasteiger partial charge in [-0.3, -0.25) is 4.70 Å². The van der Waals surface area contributed by atoms with Gasteiger partial charge in [-0.2, -0.15) is 0 Å². The fourth-order valence-electron chi connectivity index (χ4n) is 0. The lowest BCUT2D eigenvalue weighted by Gasteiger charge is -1.52. The molecule has 1 N–H and O–H groups in total. The first kappa shape index (κ1) is 49.2. The van der Waals surface area contributed by atoms with Crippen LogP contribution in [-0.2, 0) is 23.6 Å². The lowest BCUT2D eigenvalue weighted by atomic mass is 12.0. The van der Waals surface area contributed by atoms with Crippen molar-refractivity contribution in [2.75, 3.05) is 0 Å². The maximum atomic E-state index is 7.46. The van der Waals surface area contributed by atoms with Crippen molar-refractivity contribution in [2.24, 2.45) is 0 Å². The maximum Gasteiger partial charge on any atom is 0.0673 e. The molecular formula is C4H20FOP3S3. The van der Waals surface area contributed by atoms with Gasteiger partial charge in [-0.15, -0.1) is 12.2 Å². The normalized spacial score (nSPS) is 5.50. The molecule has 0 bridgehead atoms. The van der Waals surface area contributed by atoms with Gasteiger partial charge >= 0.3 is 0 Å². The van der Waals surface area contributed by atoms with Crippen LogP contribution in [0.2, 0.25) is 0 Å². The minimum Gasteiger partial charge on any atom is -0.366 e. The van der Waals surface area contributed by atoms with E-state index in [1.165, 1.54) is 0 Å². The quantitative estimate of drug-likeness (QED) is 0.533. The second-order valence-corrected chi connectivity index (χ2v) is 5.31. The molecule has 1 nitrogen and oxygen atoms in total. The van der Waals surface area contributed by atoms with E-state index < -0.39 is 0 Å². The minimum absolute atomic E-state index is 0. The van der Waals surface area contributed by atoms with Crippen molar-refractivity contribution >= 4 is 58.0 Å². The standard InChI is InChI=1S/4CH4.FH.H3OPS.P2S2/c;;;;;1-2-3;3-1-2-4/h4*1H4;1H;1-3H;. The molecule has 0 radical (unpaired) electrons. The molecular weight excluding hydrogens is 272 g/mol. The van der Waals surface area contributed by atoms with Crippen molar-refractivity contribution in [3.8, 4) is 0 Å². The first-order valence-corrected chi connectivity index (χ1v) is 7.77. The Labute approximate surface area is 97.1 Å². The Kier molecular flexibility index (Phi) is 322. The van der Waals surface area contributed by atoms with E-state index in [4.69, 9.17) is 4.89 Å². The van der Waals surface area contributed by atoms with Crippen molar-refractivity contribution in [1.82, 2.24) is 0 Å². The fraction of sp³-hybridized carbons (Fsp3) is 1.00. The predicted molar refractivity (Wildman–Crippen MR) is 77.5 cm³/mol. The molecule has 0 aromatic carbocycles. The number of rotatable bonds is 1. The Bertz CT molecular complexity index is 54.8. The van der Waals surface area contributed by atoms with E-state index in [0.717, 1.165) is 14.1 Å². The van der Waals surface area contributed by atoms with Gasteiger partial charge in [-0.25, -0.2) is 0 Å². The van der Waals surface area contributed by atoms with E-state index in [1.807, 2.05) is 0 Å². The Morgan fingerprint density at radius 2 is 1.08 bits per heavy atom. The van der Waals surface area contributed by atoms with Crippen LogP contribution >= 0.6 is 34.3 Å². The first-order chi connectivity index (χ1) is 3.33. The summed E-state index contributed by atoms with van der Waals surface area (Å²) in [5.41, 5.74) is 0. The zero-order valence-electron chi connectivity index (χ0n) is 3.51. The van der Waals surface area contributed by atoms with Crippen LogP contribution in [0, 0.1) is 0 Å². The SMILES string of the molecule is C.C.C.C.F.OPS.S=PP=S. The third-order valence-electron chi connectivity index (χ3n) is 0.0333. The Morgan fingerprint density at radius 1 is 1.00 bits per heavy atom. The van der Waals surface area contributed by atoms with Crippen molar-refractivity contribution in [1.29, 1.82) is 0 Å². The van der Waals surface area contributed by atoms with Crippen LogP contribution in [0.4, 0.5) is 4.70 Å². The maximum absolute atomic E-state index is 7.46. The third-order valence-corrected chi connectivity index (χ3v) is 2.70. The van der Waals surface area contributed by atoms with Gasteiger partial charge < -0.3 is 4.89 Å². The van der Waals surface area contributed by atoms with Crippen molar-refractivity contribution in [2.45, 2.75) is 29.7 Å². The largest absolute Gasteiger partial charge is 0.366 e. The molecule has 82 valence electrons. The van der Waals surface area contributed by atoms with Crippen LogP contribution < -0.4 is 0 Å². The summed E-state index contributed by atoms with van der Waals surface area (Å²) in [6.45, 7) is 0. The van der Waals surface area contributed by atoms with Gasteiger partial charge in [-0.05, 0) is 23.6 Å². The van der Waals surface area contributed by atoms with Gasteiger partial charge in [0.15, 0.2) is 0 Å². The van der Waals surface area contributed by atoms with Crippen molar-refractivity contribution in [3.05, 3.63) is 0 Å². The predicted octanol–water partition coefficient (Wildman–Crippen LogP) is 4.83. The molecule has 0 spiro atoms. The van der Waals surface area contributed by atoms with Crippen LogP contribution in [-0.4, -0.2) is 4.89 Å². The lowest BCUT2D eigenvalue weighted by Crippen LogP contribution is -1.05. The highest BCUT2D eigenvalue weighted by Gasteiger charge is 1.39. The highest BCUT2D eigenvalue weighted by Crippen LogP contribution is 2.10. The first-order valence-electron chi connectivity index (χ1n) is 1.01. The monoisotopic (exact) mass is 292 g/mol. The summed E-state index contributed by atoms with van der Waals surface area (Å²) in [6, 6.07) is 0. The van der Waals surface area contributed by atoms with Gasteiger partial charge in [0, 0.05) is 14.1 Å². The molecule has 0 fully saturated rings. The highest BCUT2D eigenvalue weighted by molar-refractivity contribution is 8.40. The van der Waals surface area contributed by atoms with Gasteiger partial charge in [0.1, 0.15) is 0 Å². The van der Waals surface area contributed by atoms with Crippen LogP contribution in [0.5, 0.6) is 0 Å². The zero-order valence-corrected chi connectivity index (χ0v) is 8.83. The highest BCUT2D eigenvalue weighted by atomic mass is 32.7. The minimum atomic E-state index is -0.222. The lowest BCUT2D eigenvalue weighted by molar-refractivity contribution is 0.660. The van der Waals surface area contributed by atoms with Gasteiger partial charge in [0.2, 0.25) is 0 Å². The topological polar surface area (TPSA) is 20.2 Å². The van der Waals surface area contributed by atoms with Gasteiger partial charge in [0.25, 0.3) is 0 Å². The average Bonchev–Trinajstić information content (AvgIpc) is 1.69. The summed E-state index contributed by atoms with van der Waals surface area (Å²) in [4.78, 5) is 7.46. The molecule has 0 aliphatic rings. The number of hydrogen-bond acceptors (Lipinski definition) is 4. The average molecular weight is 292 g/mol. The second kappa shape index (κ2) is 78.6. The number of halogens is 1. The van der Waals surface area contributed by atoms with Gasteiger partial charge in [-0.1, -0.05) is 29.7 Å². The van der Waals surface area contributed by atoms with Crippen LogP contribution in [0.15, 0.2) is 0 Å². The molecule has 0 rings (SSSR count). The summed E-state index contributed by atoms with van der Waals surface area (Å²) in [7, 11) is 1.52. The van der Waals surface area contributed by atoms with Gasteiger partial charge in [0.05, 0.1) is 8.01 Å². The Morgan fingerprint density at radius 3 is 1.08 bits per heavy atom. The molecule has 0 amide bonds. The van der Waals surface area contributed by atoms with Crippen LogP contribution in [0.1, 0.15) is 29.7 Å². The summed E-state index contributed by atoms with van der Waals surface area (Å²) >= 11 is 12.2. The van der Waals surface area contributed by atoms with E-state index in [0.29, 0.717) is 0 Å². The molecule has 0 heterocycles.